The lowest BCUT2D eigenvalue weighted by molar-refractivity contribution is -0.162. The summed E-state index contributed by atoms with van der Waals surface area (Å²) >= 11 is 0. The van der Waals surface area contributed by atoms with Gasteiger partial charge in [-0.05, 0) is 56.9 Å². The van der Waals surface area contributed by atoms with Crippen LogP contribution in [0.15, 0.2) is 69.4 Å². The van der Waals surface area contributed by atoms with Crippen LogP contribution in [0.25, 0.3) is 11.0 Å². The number of allylic oxidation sites excluding steroid dienone is 1. The summed E-state index contributed by atoms with van der Waals surface area (Å²) in [5.41, 5.74) is 2.22. The summed E-state index contributed by atoms with van der Waals surface area (Å²) in [7, 11) is 0. The van der Waals surface area contributed by atoms with Crippen LogP contribution in [0.5, 0.6) is 5.75 Å². The summed E-state index contributed by atoms with van der Waals surface area (Å²) < 4.78 is 17.9. The highest BCUT2D eigenvalue weighted by atomic mass is 16.6. The Kier molecular flexibility index (Phi) is 6.89. The molecule has 0 bridgehead atoms. The number of hydrogen-bond acceptors (Lipinski definition) is 6. The first-order valence-corrected chi connectivity index (χ1v) is 11.6. The molecule has 0 spiro atoms. The van der Waals surface area contributed by atoms with Gasteiger partial charge >= 0.3 is 11.6 Å². The fourth-order valence-corrected chi connectivity index (χ4v) is 4.31. The summed E-state index contributed by atoms with van der Waals surface area (Å²) in [6.07, 6.45) is 3.34. The zero-order chi connectivity index (χ0) is 24.3. The zero-order valence-corrected chi connectivity index (χ0v) is 19.8. The molecule has 2 heterocycles. The van der Waals surface area contributed by atoms with Gasteiger partial charge in [-0.25, -0.2) is 9.59 Å². The maximum atomic E-state index is 12.7. The second kappa shape index (κ2) is 9.85. The van der Waals surface area contributed by atoms with Crippen molar-refractivity contribution in [2.75, 3.05) is 6.61 Å². The van der Waals surface area contributed by atoms with Crippen molar-refractivity contribution < 1.29 is 23.8 Å². The molecule has 178 valence electrons. The van der Waals surface area contributed by atoms with E-state index in [2.05, 4.69) is 0 Å². The van der Waals surface area contributed by atoms with Crippen LogP contribution in [0.4, 0.5) is 0 Å². The minimum atomic E-state index is -0.916. The van der Waals surface area contributed by atoms with Crippen LogP contribution in [0.3, 0.4) is 0 Å². The number of aryl methyl sites for hydroxylation is 1. The summed E-state index contributed by atoms with van der Waals surface area (Å²) in [5, 5.41) is 9.90. The predicted octanol–water partition coefficient (Wildman–Crippen LogP) is 4.53. The van der Waals surface area contributed by atoms with Crippen molar-refractivity contribution in [3.8, 4) is 5.75 Å². The van der Waals surface area contributed by atoms with Gasteiger partial charge in [-0.15, -0.1) is 0 Å². The molecule has 0 radical (unpaired) electrons. The SMILES string of the molecule is C/C=C(\C)C(=O)O[C@@](C)(Cc1ccccc1)[C@@H]1Cc2cc3cc(CCCO)c(=O)oc3cc2O1. The van der Waals surface area contributed by atoms with E-state index in [-0.39, 0.29) is 12.6 Å². The van der Waals surface area contributed by atoms with Gasteiger partial charge < -0.3 is 19.0 Å². The summed E-state index contributed by atoms with van der Waals surface area (Å²) in [4.78, 5) is 25.1. The minimum Gasteiger partial charge on any atom is -0.485 e. The number of esters is 1. The molecule has 0 saturated carbocycles. The number of fused-ring (bicyclic) bond motifs is 2. The molecule has 0 unspecified atom stereocenters. The van der Waals surface area contributed by atoms with E-state index in [0.29, 0.717) is 48.2 Å². The number of hydrogen-bond donors (Lipinski definition) is 1. The van der Waals surface area contributed by atoms with E-state index in [1.54, 1.807) is 26.0 Å². The van der Waals surface area contributed by atoms with Gasteiger partial charge in [0.05, 0.1) is 0 Å². The van der Waals surface area contributed by atoms with Crippen LogP contribution in [0.1, 0.15) is 43.9 Å². The molecule has 4 rings (SSSR count). The Morgan fingerprint density at radius 2 is 2.00 bits per heavy atom. The molecule has 1 aliphatic rings. The van der Waals surface area contributed by atoms with Gasteiger partial charge in [-0.2, -0.15) is 0 Å². The summed E-state index contributed by atoms with van der Waals surface area (Å²) in [6.45, 7) is 5.46. The van der Waals surface area contributed by atoms with Crippen molar-refractivity contribution in [3.63, 3.8) is 0 Å². The lowest BCUT2D eigenvalue weighted by Crippen LogP contribution is -2.48. The molecular formula is C28H30O6. The number of ether oxygens (including phenoxy) is 2. The van der Waals surface area contributed by atoms with Gasteiger partial charge in [0.1, 0.15) is 17.4 Å². The van der Waals surface area contributed by atoms with Crippen molar-refractivity contribution in [2.45, 2.75) is 58.2 Å². The van der Waals surface area contributed by atoms with Crippen molar-refractivity contribution in [2.24, 2.45) is 0 Å². The molecule has 0 aliphatic carbocycles. The Labute approximate surface area is 198 Å². The van der Waals surface area contributed by atoms with Crippen LogP contribution < -0.4 is 10.4 Å². The van der Waals surface area contributed by atoms with Crippen molar-refractivity contribution in [3.05, 3.63) is 87.3 Å². The maximum Gasteiger partial charge on any atom is 0.339 e. The maximum absolute atomic E-state index is 12.7. The van der Waals surface area contributed by atoms with Gasteiger partial charge in [0.15, 0.2) is 5.60 Å². The molecule has 2 aromatic carbocycles. The third kappa shape index (κ3) is 4.92. The van der Waals surface area contributed by atoms with Crippen molar-refractivity contribution in [1.29, 1.82) is 0 Å². The Morgan fingerprint density at radius 1 is 1.24 bits per heavy atom. The smallest absolute Gasteiger partial charge is 0.339 e. The molecule has 1 N–H and O–H groups in total. The van der Waals surface area contributed by atoms with E-state index in [1.165, 1.54) is 0 Å². The van der Waals surface area contributed by atoms with E-state index < -0.39 is 17.3 Å². The van der Waals surface area contributed by atoms with Gasteiger partial charge in [0, 0.05) is 42.0 Å². The fourth-order valence-electron chi connectivity index (χ4n) is 4.31. The van der Waals surface area contributed by atoms with Crippen molar-refractivity contribution in [1.82, 2.24) is 0 Å². The quantitative estimate of drug-likeness (QED) is 0.301. The van der Waals surface area contributed by atoms with Gasteiger partial charge in [-0.3, -0.25) is 0 Å². The third-order valence-electron chi connectivity index (χ3n) is 6.43. The highest BCUT2D eigenvalue weighted by molar-refractivity contribution is 5.88. The second-order valence-electron chi connectivity index (χ2n) is 9.03. The molecule has 6 nitrogen and oxygen atoms in total. The lowest BCUT2D eigenvalue weighted by atomic mass is 9.88. The van der Waals surface area contributed by atoms with Crippen LogP contribution in [-0.4, -0.2) is 29.4 Å². The third-order valence-corrected chi connectivity index (χ3v) is 6.43. The topological polar surface area (TPSA) is 86.0 Å². The number of carbonyl (C=O) groups is 1. The number of carbonyl (C=O) groups excluding carboxylic acids is 1. The molecule has 1 aromatic heterocycles. The second-order valence-corrected chi connectivity index (χ2v) is 9.03. The monoisotopic (exact) mass is 462 g/mol. The standard InChI is InChI=1S/C28H30O6/c1-4-18(2)26(30)34-28(3,17-19-9-6-5-7-10-19)25-15-22-14-21-13-20(11-8-12-29)27(31)33-24(21)16-23(22)32-25/h4-7,9-10,13-14,16,25,29H,8,11-12,15,17H2,1-3H3/b18-4+/t25-,28-/m0/s1. The Hall–Kier alpha value is -3.38. The molecular weight excluding hydrogens is 432 g/mol. The van der Waals surface area contributed by atoms with Crippen molar-refractivity contribution >= 4 is 16.9 Å². The number of aliphatic hydroxyl groups is 1. The highest BCUT2D eigenvalue weighted by Crippen LogP contribution is 2.39. The van der Waals surface area contributed by atoms with E-state index >= 15 is 0 Å². The van der Waals surface area contributed by atoms with Gasteiger partial charge in [0.25, 0.3) is 0 Å². The minimum absolute atomic E-state index is 0.0165. The Balaban J connectivity index is 1.66. The van der Waals surface area contributed by atoms with E-state index in [0.717, 1.165) is 16.5 Å². The molecule has 34 heavy (non-hydrogen) atoms. The molecule has 0 saturated heterocycles. The molecule has 1 aliphatic heterocycles. The normalized spacial score (nSPS) is 17.2. The molecule has 6 heteroatoms. The van der Waals surface area contributed by atoms with Gasteiger partial charge in [-0.1, -0.05) is 36.4 Å². The molecule has 0 amide bonds. The average Bonchev–Trinajstić information content (AvgIpc) is 3.25. The van der Waals surface area contributed by atoms with Crippen LogP contribution in [-0.2, 0) is 28.8 Å². The van der Waals surface area contributed by atoms with Crippen LogP contribution >= 0.6 is 0 Å². The molecule has 3 aromatic rings. The van der Waals surface area contributed by atoms with Crippen LogP contribution in [0, 0.1) is 0 Å². The number of rotatable bonds is 8. The predicted molar refractivity (Wildman–Crippen MR) is 130 cm³/mol. The summed E-state index contributed by atoms with van der Waals surface area (Å²) in [6, 6.07) is 15.4. The molecule has 0 fully saturated rings. The average molecular weight is 463 g/mol. The summed E-state index contributed by atoms with van der Waals surface area (Å²) in [5.74, 6) is 0.256. The molecule has 2 atom stereocenters. The first-order chi connectivity index (χ1) is 16.3. The zero-order valence-electron chi connectivity index (χ0n) is 19.8. The van der Waals surface area contributed by atoms with E-state index in [4.69, 9.17) is 19.0 Å². The van der Waals surface area contributed by atoms with Crippen LogP contribution in [0.2, 0.25) is 0 Å². The Bertz CT molecular complexity index is 1270. The van der Waals surface area contributed by atoms with E-state index in [9.17, 15) is 9.59 Å². The van der Waals surface area contributed by atoms with Gasteiger partial charge in [0.2, 0.25) is 0 Å². The largest absolute Gasteiger partial charge is 0.485 e. The fraction of sp³-hybridized carbons (Fsp3) is 0.357. The number of benzene rings is 2. The number of aliphatic hydroxyl groups excluding tert-OH is 1. The van der Waals surface area contributed by atoms with E-state index in [1.807, 2.05) is 49.4 Å². The Morgan fingerprint density at radius 3 is 2.71 bits per heavy atom. The first kappa shape index (κ1) is 23.8. The lowest BCUT2D eigenvalue weighted by Gasteiger charge is -2.34. The first-order valence-electron chi connectivity index (χ1n) is 11.6. The highest BCUT2D eigenvalue weighted by Gasteiger charge is 2.44.